The minimum atomic E-state index is -5.02. The number of halogens is 6. The first-order valence-electron chi connectivity index (χ1n) is 8.41. The molecule has 4 aromatic rings. The minimum Gasteiger partial charge on any atom is -0.438 e. The zero-order valence-electron chi connectivity index (χ0n) is 14.8. The molecule has 0 radical (unpaired) electrons. The molecule has 4 nitrogen and oxygen atoms in total. The van der Waals surface area contributed by atoms with Crippen LogP contribution in [0.1, 0.15) is 11.1 Å². The Morgan fingerprint density at radius 2 is 1.37 bits per heavy atom. The van der Waals surface area contributed by atoms with Crippen molar-refractivity contribution in [2.45, 2.75) is 12.4 Å². The summed E-state index contributed by atoms with van der Waals surface area (Å²) in [6.07, 6.45) is -10.0. The van der Waals surface area contributed by atoms with Crippen molar-refractivity contribution in [1.82, 2.24) is 9.61 Å². The monoisotopic (exact) mass is 424 g/mol. The predicted octanol–water partition coefficient (Wildman–Crippen LogP) is 5.66. The van der Waals surface area contributed by atoms with Crippen molar-refractivity contribution in [3.8, 4) is 22.6 Å². The molecule has 0 aliphatic heterocycles. The van der Waals surface area contributed by atoms with E-state index in [4.69, 9.17) is 4.42 Å². The molecule has 0 spiro atoms. The molecule has 0 fully saturated rings. The highest BCUT2D eigenvalue weighted by Crippen LogP contribution is 2.38. The zero-order chi connectivity index (χ0) is 21.7. The second kappa shape index (κ2) is 6.75. The maximum absolute atomic E-state index is 13.1. The van der Waals surface area contributed by atoms with E-state index in [1.807, 2.05) is 0 Å². The SMILES string of the molecule is O=c1cc(-c2cc(C(F)(F)F)cc(C(F)(F)F)c2)oc2cc(-c3ccccc3)nn12. The van der Waals surface area contributed by atoms with Crippen molar-refractivity contribution in [3.05, 3.63) is 82.1 Å². The third-order valence-electron chi connectivity index (χ3n) is 4.30. The Hall–Kier alpha value is -3.56. The first kappa shape index (κ1) is 19.7. The Labute approximate surface area is 164 Å². The van der Waals surface area contributed by atoms with Crippen molar-refractivity contribution in [1.29, 1.82) is 0 Å². The molecule has 30 heavy (non-hydrogen) atoms. The fraction of sp³-hybridized carbons (Fsp3) is 0.100. The molecule has 0 amide bonds. The Balaban J connectivity index is 1.90. The second-order valence-corrected chi connectivity index (χ2v) is 6.39. The maximum atomic E-state index is 13.1. The van der Waals surface area contributed by atoms with E-state index in [9.17, 15) is 31.1 Å². The van der Waals surface area contributed by atoms with E-state index in [2.05, 4.69) is 5.10 Å². The van der Waals surface area contributed by atoms with Crippen LogP contribution in [0.2, 0.25) is 0 Å². The number of aromatic nitrogens is 2. The number of alkyl halides is 6. The van der Waals surface area contributed by atoms with Gasteiger partial charge < -0.3 is 4.42 Å². The lowest BCUT2D eigenvalue weighted by Crippen LogP contribution is -2.14. The summed E-state index contributed by atoms with van der Waals surface area (Å²) in [6.45, 7) is 0. The van der Waals surface area contributed by atoms with Crippen LogP contribution in [0.4, 0.5) is 26.3 Å². The van der Waals surface area contributed by atoms with Crippen LogP contribution in [-0.2, 0) is 12.4 Å². The van der Waals surface area contributed by atoms with E-state index in [1.54, 1.807) is 30.3 Å². The molecule has 2 aromatic carbocycles. The van der Waals surface area contributed by atoms with Crippen LogP contribution in [0.3, 0.4) is 0 Å². The standard InChI is InChI=1S/C20H10F6N2O2/c21-19(22,23)13-6-12(7-14(8-13)20(24,25)26)16-10-17(29)28-18(30-16)9-15(27-28)11-4-2-1-3-5-11/h1-10H. The molecule has 0 saturated heterocycles. The van der Waals surface area contributed by atoms with Gasteiger partial charge in [0, 0.05) is 23.3 Å². The summed E-state index contributed by atoms with van der Waals surface area (Å²) in [6, 6.07) is 11.9. The molecule has 0 aliphatic rings. The van der Waals surface area contributed by atoms with Gasteiger partial charge >= 0.3 is 12.4 Å². The minimum absolute atomic E-state index is 0.00642. The van der Waals surface area contributed by atoms with Crippen molar-refractivity contribution in [2.24, 2.45) is 0 Å². The van der Waals surface area contributed by atoms with Crippen LogP contribution in [0.25, 0.3) is 28.3 Å². The molecular weight excluding hydrogens is 414 g/mol. The summed E-state index contributed by atoms with van der Waals surface area (Å²) >= 11 is 0. The number of hydrogen-bond acceptors (Lipinski definition) is 3. The van der Waals surface area contributed by atoms with E-state index in [-0.39, 0.29) is 11.8 Å². The van der Waals surface area contributed by atoms with Gasteiger partial charge in [0.2, 0.25) is 5.71 Å². The van der Waals surface area contributed by atoms with Crippen molar-refractivity contribution >= 4 is 5.71 Å². The van der Waals surface area contributed by atoms with Gasteiger partial charge in [-0.15, -0.1) is 0 Å². The first-order valence-corrected chi connectivity index (χ1v) is 8.41. The molecular formula is C20H10F6N2O2. The summed E-state index contributed by atoms with van der Waals surface area (Å²) < 4.78 is 84.9. The highest BCUT2D eigenvalue weighted by Gasteiger charge is 2.37. The highest BCUT2D eigenvalue weighted by atomic mass is 19.4. The Bertz CT molecular complexity index is 1250. The van der Waals surface area contributed by atoms with Crippen LogP contribution in [-0.4, -0.2) is 9.61 Å². The molecule has 0 unspecified atom stereocenters. The summed E-state index contributed by atoms with van der Waals surface area (Å²) in [5, 5.41) is 4.08. The van der Waals surface area contributed by atoms with Gasteiger partial charge in [0.15, 0.2) is 0 Å². The van der Waals surface area contributed by atoms with E-state index in [0.29, 0.717) is 23.4 Å². The Morgan fingerprint density at radius 1 is 0.767 bits per heavy atom. The largest absolute Gasteiger partial charge is 0.438 e. The number of rotatable bonds is 2. The third kappa shape index (κ3) is 3.68. The highest BCUT2D eigenvalue weighted by molar-refractivity contribution is 5.65. The fourth-order valence-electron chi connectivity index (χ4n) is 2.90. The topological polar surface area (TPSA) is 47.5 Å². The smallest absolute Gasteiger partial charge is 0.416 e. The van der Waals surface area contributed by atoms with E-state index in [0.717, 1.165) is 10.6 Å². The van der Waals surface area contributed by atoms with Gasteiger partial charge in [0.05, 0.1) is 16.8 Å². The maximum Gasteiger partial charge on any atom is 0.416 e. The first-order chi connectivity index (χ1) is 14.0. The molecule has 0 N–H and O–H groups in total. The zero-order valence-corrected chi connectivity index (χ0v) is 14.8. The summed E-state index contributed by atoms with van der Waals surface area (Å²) in [5.74, 6) is -0.441. The van der Waals surface area contributed by atoms with Crippen LogP contribution in [0.5, 0.6) is 0 Å². The van der Waals surface area contributed by atoms with Crippen LogP contribution in [0, 0.1) is 0 Å². The van der Waals surface area contributed by atoms with Crippen LogP contribution < -0.4 is 5.56 Å². The quantitative estimate of drug-likeness (QED) is 0.390. The number of nitrogens with zero attached hydrogens (tertiary/aromatic N) is 2. The molecule has 0 bridgehead atoms. The van der Waals surface area contributed by atoms with Gasteiger partial charge in [-0.3, -0.25) is 4.79 Å². The Kier molecular flexibility index (Phi) is 4.44. The normalized spacial score (nSPS) is 12.5. The summed E-state index contributed by atoms with van der Waals surface area (Å²) in [7, 11) is 0. The molecule has 0 atom stereocenters. The molecule has 154 valence electrons. The Morgan fingerprint density at radius 3 is 1.93 bits per heavy atom. The van der Waals surface area contributed by atoms with Gasteiger partial charge in [-0.1, -0.05) is 30.3 Å². The lowest BCUT2D eigenvalue weighted by molar-refractivity contribution is -0.143. The predicted molar refractivity (Wildman–Crippen MR) is 94.6 cm³/mol. The van der Waals surface area contributed by atoms with Gasteiger partial charge in [-0.05, 0) is 18.2 Å². The lowest BCUT2D eigenvalue weighted by Gasteiger charge is -2.13. The van der Waals surface area contributed by atoms with E-state index < -0.39 is 40.4 Å². The van der Waals surface area contributed by atoms with Crippen molar-refractivity contribution in [3.63, 3.8) is 0 Å². The van der Waals surface area contributed by atoms with Crippen LogP contribution in [0.15, 0.2) is 69.9 Å². The molecule has 0 saturated carbocycles. The molecule has 10 heteroatoms. The van der Waals surface area contributed by atoms with Crippen molar-refractivity contribution in [2.75, 3.05) is 0 Å². The van der Waals surface area contributed by atoms with E-state index >= 15 is 0 Å². The molecule has 2 aromatic heterocycles. The number of fused-ring (bicyclic) bond motifs is 1. The molecule has 0 aliphatic carbocycles. The second-order valence-electron chi connectivity index (χ2n) is 6.39. The fourth-order valence-corrected chi connectivity index (χ4v) is 2.90. The number of benzene rings is 2. The third-order valence-corrected chi connectivity index (χ3v) is 4.30. The molecule has 2 heterocycles. The summed E-state index contributed by atoms with van der Waals surface area (Å²) in [4.78, 5) is 12.4. The van der Waals surface area contributed by atoms with Gasteiger partial charge in [-0.2, -0.15) is 36.0 Å². The van der Waals surface area contributed by atoms with Gasteiger partial charge in [-0.25, -0.2) is 0 Å². The van der Waals surface area contributed by atoms with Gasteiger partial charge in [0.1, 0.15) is 5.76 Å². The molecule has 4 rings (SSSR count). The lowest BCUT2D eigenvalue weighted by atomic mass is 10.0. The van der Waals surface area contributed by atoms with Crippen LogP contribution >= 0.6 is 0 Å². The number of hydrogen-bond donors (Lipinski definition) is 0. The average molecular weight is 424 g/mol. The summed E-state index contributed by atoms with van der Waals surface area (Å²) in [5.41, 5.74) is -3.42. The average Bonchev–Trinajstić information content (AvgIpc) is 3.12. The van der Waals surface area contributed by atoms with Gasteiger partial charge in [0.25, 0.3) is 5.56 Å². The van der Waals surface area contributed by atoms with Crippen molar-refractivity contribution < 1.29 is 30.8 Å². The van der Waals surface area contributed by atoms with E-state index in [1.165, 1.54) is 6.07 Å².